The van der Waals surface area contributed by atoms with Crippen molar-refractivity contribution in [3.05, 3.63) is 35.9 Å². The number of aryl methyl sites for hydroxylation is 1. The summed E-state index contributed by atoms with van der Waals surface area (Å²) in [7, 11) is -3.17. The van der Waals surface area contributed by atoms with Crippen LogP contribution in [0.5, 0.6) is 0 Å². The van der Waals surface area contributed by atoms with Crippen LogP contribution in [0.3, 0.4) is 0 Å². The van der Waals surface area contributed by atoms with Gasteiger partial charge in [-0.25, -0.2) is 0 Å². The molecule has 1 unspecified atom stereocenters. The molecular formula is C10H16NO2P. The van der Waals surface area contributed by atoms with E-state index in [4.69, 9.17) is 0 Å². The summed E-state index contributed by atoms with van der Waals surface area (Å²) in [5.74, 6) is 0. The standard InChI is InChI=1S/C10H16NO2P/c11-7-9-14(12,13)8-6-10-4-2-1-3-5-10/h1-5H,6-9,11H2,(H,12,13). The van der Waals surface area contributed by atoms with Crippen LogP contribution in [0.25, 0.3) is 0 Å². The Bertz CT molecular complexity index is 313. The molecule has 1 aromatic rings. The Balaban J connectivity index is 2.45. The highest BCUT2D eigenvalue weighted by atomic mass is 31.2. The summed E-state index contributed by atoms with van der Waals surface area (Å²) in [6.45, 7) is 0.468. The Hall–Kier alpha value is -0.630. The van der Waals surface area contributed by atoms with Crippen LogP contribution in [0.1, 0.15) is 5.56 Å². The molecule has 0 aliphatic rings. The maximum Gasteiger partial charge on any atom is 0.0797 e. The van der Waals surface area contributed by atoms with Crippen molar-refractivity contribution >= 4 is 7.37 Å². The third-order valence-electron chi connectivity index (χ3n) is 2.08. The van der Waals surface area contributed by atoms with Crippen molar-refractivity contribution in [2.24, 2.45) is 0 Å². The fraction of sp³-hybridized carbons (Fsp3) is 0.400. The molecule has 3 N–H and O–H groups in total. The minimum Gasteiger partial charge on any atom is -0.799 e. The first-order valence-corrected chi connectivity index (χ1v) is 6.76. The third-order valence-corrected chi connectivity index (χ3v) is 3.99. The van der Waals surface area contributed by atoms with Gasteiger partial charge in [0, 0.05) is 13.5 Å². The lowest BCUT2D eigenvalue weighted by molar-refractivity contribution is -0.362. The predicted octanol–water partition coefficient (Wildman–Crippen LogP) is 0.109. The van der Waals surface area contributed by atoms with E-state index in [0.29, 0.717) is 13.0 Å². The van der Waals surface area contributed by atoms with Crippen molar-refractivity contribution < 1.29 is 15.2 Å². The molecule has 1 aromatic carbocycles. The second-order valence-electron chi connectivity index (χ2n) is 3.35. The predicted molar refractivity (Wildman–Crippen MR) is 55.2 cm³/mol. The van der Waals surface area contributed by atoms with Gasteiger partial charge in [0.2, 0.25) is 0 Å². The number of quaternary nitrogens is 1. The highest BCUT2D eigenvalue weighted by molar-refractivity contribution is 7.56. The van der Waals surface area contributed by atoms with Crippen molar-refractivity contribution in [3.8, 4) is 0 Å². The normalized spacial score (nSPS) is 15.0. The van der Waals surface area contributed by atoms with Gasteiger partial charge in [0.15, 0.2) is 0 Å². The van der Waals surface area contributed by atoms with Crippen molar-refractivity contribution in [3.63, 3.8) is 0 Å². The van der Waals surface area contributed by atoms with E-state index >= 15 is 0 Å². The first-order valence-electron chi connectivity index (χ1n) is 4.76. The first kappa shape index (κ1) is 11.4. The molecule has 1 atom stereocenters. The summed E-state index contributed by atoms with van der Waals surface area (Å²) >= 11 is 0. The molecule has 0 bridgehead atoms. The molecule has 0 saturated heterocycles. The second-order valence-corrected chi connectivity index (χ2v) is 5.87. The van der Waals surface area contributed by atoms with Crippen LogP contribution >= 0.6 is 7.37 Å². The van der Waals surface area contributed by atoms with E-state index in [1.54, 1.807) is 0 Å². The summed E-state index contributed by atoms with van der Waals surface area (Å²) in [6, 6.07) is 9.67. The molecule has 1 rings (SSSR count). The molecule has 0 aromatic heterocycles. The van der Waals surface area contributed by atoms with Crippen LogP contribution in [-0.4, -0.2) is 18.9 Å². The van der Waals surface area contributed by atoms with E-state index in [-0.39, 0.29) is 12.3 Å². The highest BCUT2D eigenvalue weighted by Gasteiger charge is 2.07. The second kappa shape index (κ2) is 5.30. The van der Waals surface area contributed by atoms with E-state index < -0.39 is 7.37 Å². The molecule has 0 saturated carbocycles. The zero-order valence-electron chi connectivity index (χ0n) is 8.19. The minimum atomic E-state index is -3.17. The Kier molecular flexibility index (Phi) is 4.33. The zero-order chi connectivity index (χ0) is 10.4. The third kappa shape index (κ3) is 4.05. The van der Waals surface area contributed by atoms with Crippen LogP contribution in [0, 0.1) is 0 Å². The summed E-state index contributed by atoms with van der Waals surface area (Å²) in [5.41, 5.74) is 4.63. The van der Waals surface area contributed by atoms with Crippen LogP contribution in [0.4, 0.5) is 0 Å². The van der Waals surface area contributed by atoms with Gasteiger partial charge < -0.3 is 15.2 Å². The molecule has 0 aliphatic heterocycles. The Labute approximate surface area is 84.4 Å². The maximum absolute atomic E-state index is 11.4. The molecule has 4 heteroatoms. The molecule has 0 radical (unpaired) electrons. The average molecular weight is 213 g/mol. The molecule has 3 nitrogen and oxygen atoms in total. The fourth-order valence-corrected chi connectivity index (χ4v) is 2.60. The lowest BCUT2D eigenvalue weighted by Crippen LogP contribution is -2.52. The van der Waals surface area contributed by atoms with Gasteiger partial charge in [-0.05, 0) is 18.1 Å². The monoisotopic (exact) mass is 213 g/mol. The quantitative estimate of drug-likeness (QED) is 0.705. The zero-order valence-corrected chi connectivity index (χ0v) is 9.08. The van der Waals surface area contributed by atoms with Crippen molar-refractivity contribution in [1.29, 1.82) is 0 Å². The van der Waals surface area contributed by atoms with Crippen molar-refractivity contribution in [1.82, 2.24) is 0 Å². The number of benzene rings is 1. The van der Waals surface area contributed by atoms with Gasteiger partial charge >= 0.3 is 0 Å². The van der Waals surface area contributed by atoms with E-state index in [1.165, 1.54) is 0 Å². The van der Waals surface area contributed by atoms with E-state index in [1.807, 2.05) is 30.3 Å². The van der Waals surface area contributed by atoms with Gasteiger partial charge in [-0.15, -0.1) is 0 Å². The van der Waals surface area contributed by atoms with Crippen molar-refractivity contribution in [2.45, 2.75) is 6.42 Å². The Morgan fingerprint density at radius 3 is 2.43 bits per heavy atom. The van der Waals surface area contributed by atoms with E-state index in [0.717, 1.165) is 5.56 Å². The van der Waals surface area contributed by atoms with Crippen LogP contribution < -0.4 is 10.6 Å². The van der Waals surface area contributed by atoms with Gasteiger partial charge in [0.05, 0.1) is 6.54 Å². The average Bonchev–Trinajstić information content (AvgIpc) is 2.17. The van der Waals surface area contributed by atoms with Crippen LogP contribution in [-0.2, 0) is 11.0 Å². The molecule has 0 amide bonds. The first-order chi connectivity index (χ1) is 6.64. The van der Waals surface area contributed by atoms with E-state index in [9.17, 15) is 9.46 Å². The minimum absolute atomic E-state index is 0.222. The van der Waals surface area contributed by atoms with Gasteiger partial charge in [-0.2, -0.15) is 0 Å². The number of rotatable bonds is 5. The molecule has 14 heavy (non-hydrogen) atoms. The fourth-order valence-electron chi connectivity index (χ4n) is 1.30. The molecule has 0 aliphatic carbocycles. The van der Waals surface area contributed by atoms with Crippen LogP contribution in [0.15, 0.2) is 30.3 Å². The topological polar surface area (TPSA) is 67.8 Å². The van der Waals surface area contributed by atoms with Crippen molar-refractivity contribution in [2.75, 3.05) is 18.9 Å². The largest absolute Gasteiger partial charge is 0.799 e. The number of hydrogen-bond acceptors (Lipinski definition) is 2. The lowest BCUT2D eigenvalue weighted by Gasteiger charge is -2.21. The summed E-state index contributed by atoms with van der Waals surface area (Å²) < 4.78 is 11.4. The smallest absolute Gasteiger partial charge is 0.0797 e. The summed E-state index contributed by atoms with van der Waals surface area (Å²) in [4.78, 5) is 11.4. The lowest BCUT2D eigenvalue weighted by atomic mass is 10.2. The number of hydrogen-bond donors (Lipinski definition) is 1. The van der Waals surface area contributed by atoms with E-state index in [2.05, 4.69) is 5.73 Å². The molecule has 0 fully saturated rings. The van der Waals surface area contributed by atoms with Gasteiger partial charge in [-0.3, -0.25) is 0 Å². The SMILES string of the molecule is [NH3+]CCP(=O)([O-])CCc1ccccc1. The van der Waals surface area contributed by atoms with Crippen LogP contribution in [0.2, 0.25) is 0 Å². The molecule has 78 valence electrons. The van der Waals surface area contributed by atoms with Gasteiger partial charge in [0.1, 0.15) is 0 Å². The Morgan fingerprint density at radius 2 is 1.86 bits per heavy atom. The maximum atomic E-state index is 11.4. The Morgan fingerprint density at radius 1 is 1.21 bits per heavy atom. The molecular weight excluding hydrogens is 197 g/mol. The highest BCUT2D eigenvalue weighted by Crippen LogP contribution is 2.34. The molecule has 0 spiro atoms. The summed E-state index contributed by atoms with van der Waals surface area (Å²) in [6.07, 6.45) is 1.09. The molecule has 0 heterocycles. The van der Waals surface area contributed by atoms with Gasteiger partial charge in [0.25, 0.3) is 0 Å². The summed E-state index contributed by atoms with van der Waals surface area (Å²) in [5, 5.41) is 0. The van der Waals surface area contributed by atoms with Gasteiger partial charge in [-0.1, -0.05) is 30.3 Å².